The lowest BCUT2D eigenvalue weighted by Crippen LogP contribution is -2.39. The number of hydrogen-bond acceptors (Lipinski definition) is 4. The Morgan fingerprint density at radius 1 is 1.50 bits per heavy atom. The summed E-state index contributed by atoms with van der Waals surface area (Å²) in [5, 5.41) is 3.95. The predicted molar refractivity (Wildman–Crippen MR) is 65.5 cm³/mol. The molecule has 98 valence electrons. The SMILES string of the molecule is CN1CCCN(C(=O)Cn2ccc(N)n2)CC1=O. The Labute approximate surface area is 105 Å². The summed E-state index contributed by atoms with van der Waals surface area (Å²) in [5.41, 5.74) is 5.48. The number of nitrogens with two attached hydrogens (primary N) is 1. The maximum Gasteiger partial charge on any atom is 0.244 e. The molecule has 7 heteroatoms. The number of rotatable bonds is 2. The van der Waals surface area contributed by atoms with Crippen LogP contribution in [0.5, 0.6) is 0 Å². The molecule has 2 amide bonds. The van der Waals surface area contributed by atoms with E-state index in [1.165, 1.54) is 4.68 Å². The van der Waals surface area contributed by atoms with Crippen molar-refractivity contribution >= 4 is 17.6 Å². The molecule has 2 rings (SSSR count). The highest BCUT2D eigenvalue weighted by atomic mass is 16.2. The number of nitrogen functional groups attached to an aromatic ring is 1. The second kappa shape index (κ2) is 5.07. The van der Waals surface area contributed by atoms with E-state index in [2.05, 4.69) is 5.10 Å². The molecular formula is C11H17N5O2. The quantitative estimate of drug-likeness (QED) is 0.742. The smallest absolute Gasteiger partial charge is 0.244 e. The van der Waals surface area contributed by atoms with Crippen LogP contribution in [0.3, 0.4) is 0 Å². The van der Waals surface area contributed by atoms with E-state index in [0.717, 1.165) is 6.42 Å². The molecule has 1 aromatic heterocycles. The first-order valence-electron chi connectivity index (χ1n) is 5.87. The molecule has 18 heavy (non-hydrogen) atoms. The summed E-state index contributed by atoms with van der Waals surface area (Å²) < 4.78 is 1.48. The van der Waals surface area contributed by atoms with Crippen LogP contribution in [0, 0.1) is 0 Å². The molecule has 2 heterocycles. The van der Waals surface area contributed by atoms with Gasteiger partial charge in [-0.25, -0.2) is 0 Å². The van der Waals surface area contributed by atoms with Gasteiger partial charge in [-0.3, -0.25) is 14.3 Å². The van der Waals surface area contributed by atoms with Crippen LogP contribution in [0.15, 0.2) is 12.3 Å². The average Bonchev–Trinajstić information content (AvgIpc) is 2.64. The number of amides is 2. The van der Waals surface area contributed by atoms with Gasteiger partial charge in [0, 0.05) is 26.3 Å². The molecule has 0 spiro atoms. The minimum absolute atomic E-state index is 0.0270. The third-order valence-electron chi connectivity index (χ3n) is 2.98. The number of hydrogen-bond donors (Lipinski definition) is 1. The summed E-state index contributed by atoms with van der Waals surface area (Å²) in [6, 6.07) is 1.63. The van der Waals surface area contributed by atoms with E-state index >= 15 is 0 Å². The predicted octanol–water partition coefficient (Wildman–Crippen LogP) is -0.844. The minimum atomic E-state index is -0.109. The highest BCUT2D eigenvalue weighted by Crippen LogP contribution is 2.04. The molecule has 0 unspecified atom stereocenters. The summed E-state index contributed by atoms with van der Waals surface area (Å²) >= 11 is 0. The first kappa shape index (κ1) is 12.4. The number of aromatic nitrogens is 2. The van der Waals surface area contributed by atoms with E-state index in [1.54, 1.807) is 29.1 Å². The van der Waals surface area contributed by atoms with Crippen LogP contribution < -0.4 is 5.73 Å². The van der Waals surface area contributed by atoms with Crippen LogP contribution in [-0.2, 0) is 16.1 Å². The van der Waals surface area contributed by atoms with Gasteiger partial charge in [0.15, 0.2) is 0 Å². The molecule has 1 fully saturated rings. The van der Waals surface area contributed by atoms with Gasteiger partial charge in [0.05, 0.1) is 6.54 Å². The maximum absolute atomic E-state index is 12.0. The van der Waals surface area contributed by atoms with Gasteiger partial charge in [0.2, 0.25) is 11.8 Å². The Bertz CT molecular complexity index is 456. The molecule has 1 aliphatic heterocycles. The summed E-state index contributed by atoms with van der Waals surface area (Å²) in [7, 11) is 1.75. The molecule has 0 radical (unpaired) electrons. The minimum Gasteiger partial charge on any atom is -0.382 e. The van der Waals surface area contributed by atoms with Crippen LogP contribution in [0.1, 0.15) is 6.42 Å². The highest BCUT2D eigenvalue weighted by Gasteiger charge is 2.22. The fraction of sp³-hybridized carbons (Fsp3) is 0.545. The third-order valence-corrected chi connectivity index (χ3v) is 2.98. The molecule has 1 aromatic rings. The Morgan fingerprint density at radius 3 is 2.94 bits per heavy atom. The highest BCUT2D eigenvalue weighted by molar-refractivity contribution is 5.85. The lowest BCUT2D eigenvalue weighted by atomic mass is 10.4. The van der Waals surface area contributed by atoms with Crippen LogP contribution in [0.25, 0.3) is 0 Å². The largest absolute Gasteiger partial charge is 0.382 e. The number of carbonyl (C=O) groups is 2. The van der Waals surface area contributed by atoms with Gasteiger partial charge in [0.1, 0.15) is 12.4 Å². The monoisotopic (exact) mass is 251 g/mol. The van der Waals surface area contributed by atoms with Crippen molar-refractivity contribution in [2.24, 2.45) is 0 Å². The Hall–Kier alpha value is -2.05. The van der Waals surface area contributed by atoms with Crippen molar-refractivity contribution in [2.45, 2.75) is 13.0 Å². The molecule has 0 saturated carbocycles. The molecule has 0 aliphatic carbocycles. The van der Waals surface area contributed by atoms with Gasteiger partial charge in [-0.1, -0.05) is 0 Å². The Kier molecular flexibility index (Phi) is 3.50. The summed E-state index contributed by atoms with van der Waals surface area (Å²) in [5.74, 6) is 0.247. The van der Waals surface area contributed by atoms with Crippen LogP contribution in [-0.4, -0.2) is 58.1 Å². The number of likely N-dealkylation sites (N-methyl/N-ethyl adjacent to an activating group) is 1. The molecule has 0 atom stereocenters. The molecule has 7 nitrogen and oxygen atoms in total. The number of anilines is 1. The lowest BCUT2D eigenvalue weighted by Gasteiger charge is -2.19. The normalized spacial score (nSPS) is 16.8. The number of nitrogens with zero attached hydrogens (tertiary/aromatic N) is 4. The van der Waals surface area contributed by atoms with Crippen molar-refractivity contribution in [3.63, 3.8) is 0 Å². The maximum atomic E-state index is 12.0. The fourth-order valence-corrected chi connectivity index (χ4v) is 1.90. The summed E-state index contributed by atoms with van der Waals surface area (Å²) in [6.45, 7) is 1.56. The van der Waals surface area contributed by atoms with E-state index in [-0.39, 0.29) is 24.9 Å². The van der Waals surface area contributed by atoms with Gasteiger partial charge in [-0.2, -0.15) is 5.10 Å². The molecular weight excluding hydrogens is 234 g/mol. The second-order valence-electron chi connectivity index (χ2n) is 4.42. The zero-order chi connectivity index (χ0) is 13.1. The number of carbonyl (C=O) groups excluding carboxylic acids is 2. The van der Waals surface area contributed by atoms with Crippen molar-refractivity contribution in [1.29, 1.82) is 0 Å². The zero-order valence-electron chi connectivity index (χ0n) is 10.4. The van der Waals surface area contributed by atoms with Crippen molar-refractivity contribution < 1.29 is 9.59 Å². The standard InChI is InChI=1S/C11H17N5O2/c1-14-4-2-5-15(7-10(14)17)11(18)8-16-6-3-9(12)13-16/h3,6H,2,4-5,7-8H2,1H3,(H2,12,13). The van der Waals surface area contributed by atoms with E-state index < -0.39 is 0 Å². The first-order chi connectivity index (χ1) is 8.56. The Morgan fingerprint density at radius 2 is 2.28 bits per heavy atom. The average molecular weight is 251 g/mol. The Balaban J connectivity index is 1.98. The summed E-state index contributed by atoms with van der Waals surface area (Å²) in [6.07, 6.45) is 2.45. The lowest BCUT2D eigenvalue weighted by molar-refractivity contribution is -0.138. The van der Waals surface area contributed by atoms with Crippen LogP contribution in [0.2, 0.25) is 0 Å². The topological polar surface area (TPSA) is 84.5 Å². The van der Waals surface area contributed by atoms with E-state index in [4.69, 9.17) is 5.73 Å². The van der Waals surface area contributed by atoms with Gasteiger partial charge >= 0.3 is 0 Å². The van der Waals surface area contributed by atoms with Crippen molar-refractivity contribution in [3.8, 4) is 0 Å². The van der Waals surface area contributed by atoms with E-state index in [9.17, 15) is 9.59 Å². The third kappa shape index (κ3) is 2.79. The van der Waals surface area contributed by atoms with Crippen molar-refractivity contribution in [1.82, 2.24) is 19.6 Å². The molecule has 1 saturated heterocycles. The molecule has 0 aromatic carbocycles. The van der Waals surface area contributed by atoms with Gasteiger partial charge < -0.3 is 15.5 Å². The van der Waals surface area contributed by atoms with E-state index in [0.29, 0.717) is 18.9 Å². The van der Waals surface area contributed by atoms with Crippen molar-refractivity contribution in [3.05, 3.63) is 12.3 Å². The van der Waals surface area contributed by atoms with Gasteiger partial charge in [0.25, 0.3) is 0 Å². The summed E-state index contributed by atoms with van der Waals surface area (Å²) in [4.78, 5) is 26.9. The molecule has 2 N–H and O–H groups in total. The van der Waals surface area contributed by atoms with Crippen molar-refractivity contribution in [2.75, 3.05) is 32.4 Å². The van der Waals surface area contributed by atoms with Crippen LogP contribution >= 0.6 is 0 Å². The first-order valence-corrected chi connectivity index (χ1v) is 5.87. The molecule has 0 bridgehead atoms. The van der Waals surface area contributed by atoms with Gasteiger partial charge in [-0.05, 0) is 12.5 Å². The zero-order valence-corrected chi connectivity index (χ0v) is 10.4. The molecule has 1 aliphatic rings. The van der Waals surface area contributed by atoms with Gasteiger partial charge in [-0.15, -0.1) is 0 Å². The van der Waals surface area contributed by atoms with E-state index in [1.807, 2.05) is 0 Å². The fourth-order valence-electron chi connectivity index (χ4n) is 1.90. The second-order valence-corrected chi connectivity index (χ2v) is 4.42. The van der Waals surface area contributed by atoms with Crippen LogP contribution in [0.4, 0.5) is 5.82 Å².